The summed E-state index contributed by atoms with van der Waals surface area (Å²) in [6.07, 6.45) is 2.50. The lowest BCUT2D eigenvalue weighted by atomic mass is 10.1. The quantitative estimate of drug-likeness (QED) is 0.787. The van der Waals surface area contributed by atoms with Crippen LogP contribution in [0.1, 0.15) is 19.4 Å². The first-order chi connectivity index (χ1) is 9.54. The van der Waals surface area contributed by atoms with Gasteiger partial charge in [0.15, 0.2) is 0 Å². The molecule has 2 rings (SSSR count). The Morgan fingerprint density at radius 2 is 2.15 bits per heavy atom. The van der Waals surface area contributed by atoms with Crippen LogP contribution in [0.2, 0.25) is 0 Å². The summed E-state index contributed by atoms with van der Waals surface area (Å²) in [6.45, 7) is 7.61. The Morgan fingerprint density at radius 1 is 1.45 bits per heavy atom. The minimum absolute atomic E-state index is 0.0421. The van der Waals surface area contributed by atoms with Crippen molar-refractivity contribution >= 4 is 17.5 Å². The number of carbonyl (C=O) groups is 2. The summed E-state index contributed by atoms with van der Waals surface area (Å²) in [5.41, 5.74) is 2.15. The van der Waals surface area contributed by atoms with Crippen LogP contribution in [0.15, 0.2) is 36.9 Å². The Balaban J connectivity index is 2.17. The predicted octanol–water partition coefficient (Wildman–Crippen LogP) is 2.00. The van der Waals surface area contributed by atoms with Crippen LogP contribution in [-0.2, 0) is 16.0 Å². The van der Waals surface area contributed by atoms with Gasteiger partial charge in [-0.25, -0.2) is 0 Å². The second kappa shape index (κ2) is 5.90. The van der Waals surface area contributed by atoms with Crippen molar-refractivity contribution < 1.29 is 9.59 Å². The highest BCUT2D eigenvalue weighted by molar-refractivity contribution is 5.98. The molecule has 0 N–H and O–H groups in total. The monoisotopic (exact) mass is 272 g/mol. The standard InChI is InChI=1S/C16H20N2O2/c1-4-9-17(13(3)19)11-16(20)18-12(2)10-14-7-5-6-8-15(14)18/h4-8,12H,1,9-11H2,2-3H3. The topological polar surface area (TPSA) is 40.6 Å². The van der Waals surface area contributed by atoms with Gasteiger partial charge in [-0.1, -0.05) is 24.3 Å². The summed E-state index contributed by atoms with van der Waals surface area (Å²) < 4.78 is 0. The van der Waals surface area contributed by atoms with E-state index in [9.17, 15) is 9.59 Å². The summed E-state index contributed by atoms with van der Waals surface area (Å²) in [7, 11) is 0. The molecule has 1 heterocycles. The molecule has 20 heavy (non-hydrogen) atoms. The van der Waals surface area contributed by atoms with Crippen molar-refractivity contribution in [1.29, 1.82) is 0 Å². The molecule has 0 saturated heterocycles. The lowest BCUT2D eigenvalue weighted by Crippen LogP contribution is -2.44. The summed E-state index contributed by atoms with van der Waals surface area (Å²) in [4.78, 5) is 27.3. The van der Waals surface area contributed by atoms with Gasteiger partial charge < -0.3 is 9.80 Å². The molecule has 0 bridgehead atoms. The smallest absolute Gasteiger partial charge is 0.246 e. The van der Waals surface area contributed by atoms with E-state index in [1.165, 1.54) is 17.4 Å². The van der Waals surface area contributed by atoms with Gasteiger partial charge in [0.2, 0.25) is 11.8 Å². The zero-order chi connectivity index (χ0) is 14.7. The molecule has 1 aliphatic heterocycles. The van der Waals surface area contributed by atoms with Crippen LogP contribution in [0.3, 0.4) is 0 Å². The third kappa shape index (κ3) is 2.74. The average Bonchev–Trinajstić information content (AvgIpc) is 2.73. The van der Waals surface area contributed by atoms with Gasteiger partial charge in [0, 0.05) is 25.2 Å². The molecule has 1 aliphatic rings. The maximum atomic E-state index is 12.5. The van der Waals surface area contributed by atoms with E-state index in [1.807, 2.05) is 31.2 Å². The Hall–Kier alpha value is -2.10. The normalized spacial score (nSPS) is 16.7. The van der Waals surface area contributed by atoms with E-state index in [1.54, 1.807) is 11.0 Å². The molecule has 0 spiro atoms. The minimum atomic E-state index is -0.113. The Bertz CT molecular complexity index is 539. The molecule has 1 aromatic carbocycles. The van der Waals surface area contributed by atoms with Crippen LogP contribution in [0.5, 0.6) is 0 Å². The number of rotatable bonds is 4. The SMILES string of the molecule is C=CCN(CC(=O)N1c2ccccc2CC1C)C(C)=O. The van der Waals surface area contributed by atoms with Crippen LogP contribution in [0.25, 0.3) is 0 Å². The molecular formula is C16H20N2O2. The highest BCUT2D eigenvalue weighted by Crippen LogP contribution is 2.31. The van der Waals surface area contributed by atoms with E-state index >= 15 is 0 Å². The molecule has 1 aromatic rings. The minimum Gasteiger partial charge on any atom is -0.330 e. The second-order valence-corrected chi connectivity index (χ2v) is 5.13. The third-order valence-corrected chi connectivity index (χ3v) is 3.60. The highest BCUT2D eigenvalue weighted by atomic mass is 16.2. The van der Waals surface area contributed by atoms with Crippen molar-refractivity contribution in [3.63, 3.8) is 0 Å². The van der Waals surface area contributed by atoms with Crippen molar-refractivity contribution in [2.75, 3.05) is 18.0 Å². The zero-order valence-electron chi connectivity index (χ0n) is 12.0. The molecule has 4 heteroatoms. The maximum absolute atomic E-state index is 12.5. The fraction of sp³-hybridized carbons (Fsp3) is 0.375. The van der Waals surface area contributed by atoms with E-state index in [4.69, 9.17) is 0 Å². The van der Waals surface area contributed by atoms with Crippen LogP contribution in [0.4, 0.5) is 5.69 Å². The first kappa shape index (κ1) is 14.3. The number of benzene rings is 1. The maximum Gasteiger partial charge on any atom is 0.246 e. The van der Waals surface area contributed by atoms with Crippen molar-refractivity contribution in [2.45, 2.75) is 26.3 Å². The summed E-state index contributed by atoms with van der Waals surface area (Å²) in [5, 5.41) is 0. The molecule has 106 valence electrons. The Labute approximate surface area is 119 Å². The van der Waals surface area contributed by atoms with Crippen LogP contribution in [0, 0.1) is 0 Å². The van der Waals surface area contributed by atoms with Gasteiger partial charge in [-0.2, -0.15) is 0 Å². The van der Waals surface area contributed by atoms with Gasteiger partial charge in [-0.3, -0.25) is 9.59 Å². The highest BCUT2D eigenvalue weighted by Gasteiger charge is 2.31. The molecule has 1 atom stereocenters. The van der Waals surface area contributed by atoms with Gasteiger partial charge in [-0.15, -0.1) is 6.58 Å². The number of hydrogen-bond acceptors (Lipinski definition) is 2. The molecule has 2 amide bonds. The van der Waals surface area contributed by atoms with Crippen LogP contribution < -0.4 is 4.90 Å². The second-order valence-electron chi connectivity index (χ2n) is 5.13. The predicted molar refractivity (Wildman–Crippen MR) is 79.5 cm³/mol. The largest absolute Gasteiger partial charge is 0.330 e. The van der Waals surface area contributed by atoms with Crippen molar-refractivity contribution in [2.24, 2.45) is 0 Å². The van der Waals surface area contributed by atoms with E-state index in [0.717, 1.165) is 12.1 Å². The van der Waals surface area contributed by atoms with E-state index < -0.39 is 0 Å². The summed E-state index contributed by atoms with van der Waals surface area (Å²) in [6, 6.07) is 8.06. The molecule has 0 radical (unpaired) electrons. The van der Waals surface area contributed by atoms with Gasteiger partial charge in [0.25, 0.3) is 0 Å². The Kier molecular flexibility index (Phi) is 4.23. The zero-order valence-corrected chi connectivity index (χ0v) is 12.0. The van der Waals surface area contributed by atoms with E-state index in [-0.39, 0.29) is 24.4 Å². The number of anilines is 1. The fourth-order valence-electron chi connectivity index (χ4n) is 2.65. The first-order valence-corrected chi connectivity index (χ1v) is 6.81. The molecule has 4 nitrogen and oxygen atoms in total. The lowest BCUT2D eigenvalue weighted by molar-refractivity contribution is -0.133. The number of nitrogens with zero attached hydrogens (tertiary/aromatic N) is 2. The summed E-state index contributed by atoms with van der Waals surface area (Å²) in [5.74, 6) is -0.155. The van der Waals surface area contributed by atoms with Gasteiger partial charge in [0.1, 0.15) is 6.54 Å². The number of hydrogen-bond donors (Lipinski definition) is 0. The molecule has 0 fully saturated rings. The first-order valence-electron chi connectivity index (χ1n) is 6.81. The number of amides is 2. The third-order valence-electron chi connectivity index (χ3n) is 3.60. The van der Waals surface area contributed by atoms with Gasteiger partial charge in [0.05, 0.1) is 0 Å². The van der Waals surface area contributed by atoms with E-state index in [0.29, 0.717) is 6.54 Å². The number of fused-ring (bicyclic) bond motifs is 1. The number of para-hydroxylation sites is 1. The van der Waals surface area contributed by atoms with E-state index in [2.05, 4.69) is 6.58 Å². The summed E-state index contributed by atoms with van der Waals surface area (Å²) >= 11 is 0. The molecule has 0 saturated carbocycles. The molecule has 0 aliphatic carbocycles. The van der Waals surface area contributed by atoms with Crippen molar-refractivity contribution in [1.82, 2.24) is 4.90 Å². The molecule has 0 aromatic heterocycles. The average molecular weight is 272 g/mol. The molecule has 1 unspecified atom stereocenters. The van der Waals surface area contributed by atoms with Crippen molar-refractivity contribution in [3.8, 4) is 0 Å². The Morgan fingerprint density at radius 3 is 2.80 bits per heavy atom. The van der Waals surface area contributed by atoms with Gasteiger partial charge >= 0.3 is 0 Å². The van der Waals surface area contributed by atoms with Gasteiger partial charge in [-0.05, 0) is 25.0 Å². The van der Waals surface area contributed by atoms with Crippen molar-refractivity contribution in [3.05, 3.63) is 42.5 Å². The number of carbonyl (C=O) groups excluding carboxylic acids is 2. The van der Waals surface area contributed by atoms with Crippen LogP contribution >= 0.6 is 0 Å². The lowest BCUT2D eigenvalue weighted by Gasteiger charge is -2.26. The van der Waals surface area contributed by atoms with Crippen LogP contribution in [-0.4, -0.2) is 35.8 Å². The fourth-order valence-corrected chi connectivity index (χ4v) is 2.65. The molecular weight excluding hydrogens is 252 g/mol.